The maximum atomic E-state index is 13.1. The van der Waals surface area contributed by atoms with Gasteiger partial charge in [-0.3, -0.25) is 0 Å². The Morgan fingerprint density at radius 2 is 2.15 bits per heavy atom. The molecule has 1 fully saturated rings. The molecule has 1 heterocycles. The Hall–Kier alpha value is -0.910. The number of halogens is 2. The van der Waals surface area contributed by atoms with Crippen LogP contribution in [0.15, 0.2) is 18.2 Å². The molecule has 0 spiro atoms. The van der Waals surface area contributed by atoms with Gasteiger partial charge in [0.05, 0.1) is 5.02 Å². The van der Waals surface area contributed by atoms with Crippen molar-refractivity contribution in [1.29, 1.82) is 0 Å². The number of hydrogen-bond donors (Lipinski definition) is 2. The van der Waals surface area contributed by atoms with Crippen molar-refractivity contribution < 1.29 is 4.39 Å². The first-order chi connectivity index (χ1) is 9.58. The molecule has 2 N–H and O–H groups in total. The molecule has 1 aliphatic heterocycles. The lowest BCUT2D eigenvalue weighted by Gasteiger charge is -2.32. The second kappa shape index (κ2) is 7.20. The van der Waals surface area contributed by atoms with Gasteiger partial charge in [-0.25, -0.2) is 4.39 Å². The normalized spacial score (nSPS) is 16.9. The number of anilines is 1. The molecule has 0 amide bonds. The summed E-state index contributed by atoms with van der Waals surface area (Å²) >= 11 is 11.0. The van der Waals surface area contributed by atoms with Gasteiger partial charge >= 0.3 is 0 Å². The van der Waals surface area contributed by atoms with Crippen LogP contribution in [0, 0.1) is 5.82 Å². The van der Waals surface area contributed by atoms with E-state index >= 15 is 0 Å². The van der Waals surface area contributed by atoms with Crippen LogP contribution in [0.4, 0.5) is 10.1 Å². The van der Waals surface area contributed by atoms with Gasteiger partial charge < -0.3 is 15.5 Å². The first-order valence-electron chi connectivity index (χ1n) is 6.83. The van der Waals surface area contributed by atoms with Gasteiger partial charge in [0.1, 0.15) is 5.82 Å². The van der Waals surface area contributed by atoms with Crippen molar-refractivity contribution in [2.24, 2.45) is 0 Å². The van der Waals surface area contributed by atoms with Gasteiger partial charge in [0.2, 0.25) is 0 Å². The van der Waals surface area contributed by atoms with Crippen LogP contribution in [0.5, 0.6) is 0 Å². The molecule has 0 atom stereocenters. The van der Waals surface area contributed by atoms with E-state index in [9.17, 15) is 4.39 Å². The van der Waals surface area contributed by atoms with Crippen LogP contribution < -0.4 is 10.6 Å². The summed E-state index contributed by atoms with van der Waals surface area (Å²) in [6, 6.07) is 4.88. The van der Waals surface area contributed by atoms with E-state index in [4.69, 9.17) is 23.8 Å². The summed E-state index contributed by atoms with van der Waals surface area (Å²) in [6.07, 6.45) is 2.17. The lowest BCUT2D eigenvalue weighted by molar-refractivity contribution is 0.216. The lowest BCUT2D eigenvalue weighted by atomic mass is 10.1. The van der Waals surface area contributed by atoms with E-state index in [0.717, 1.165) is 32.5 Å². The molecule has 1 aromatic rings. The molecule has 1 aromatic carbocycles. The molecule has 6 heteroatoms. The van der Waals surface area contributed by atoms with Gasteiger partial charge in [-0.1, -0.05) is 18.5 Å². The number of rotatable bonds is 3. The zero-order valence-electron chi connectivity index (χ0n) is 11.5. The van der Waals surface area contributed by atoms with E-state index in [1.54, 1.807) is 6.07 Å². The Balaban J connectivity index is 1.82. The van der Waals surface area contributed by atoms with Crippen molar-refractivity contribution in [3.8, 4) is 0 Å². The largest absolute Gasteiger partial charge is 0.360 e. The third kappa shape index (κ3) is 4.30. The fraction of sp³-hybridized carbons (Fsp3) is 0.500. The van der Waals surface area contributed by atoms with E-state index < -0.39 is 5.82 Å². The van der Waals surface area contributed by atoms with E-state index in [2.05, 4.69) is 22.5 Å². The highest BCUT2D eigenvalue weighted by molar-refractivity contribution is 7.80. The molecule has 2 rings (SSSR count). The predicted molar refractivity (Wildman–Crippen MR) is 85.9 cm³/mol. The second-order valence-electron chi connectivity index (χ2n) is 4.94. The van der Waals surface area contributed by atoms with Crippen LogP contribution >= 0.6 is 23.8 Å². The Bertz CT molecular complexity index is 475. The zero-order chi connectivity index (χ0) is 14.5. The number of likely N-dealkylation sites (tertiary alicyclic amines) is 1. The average Bonchev–Trinajstić information content (AvgIpc) is 2.44. The summed E-state index contributed by atoms with van der Waals surface area (Å²) < 4.78 is 13.1. The third-order valence-corrected chi connectivity index (χ3v) is 4.06. The Morgan fingerprint density at radius 3 is 2.75 bits per heavy atom. The maximum Gasteiger partial charge on any atom is 0.170 e. The predicted octanol–water partition coefficient (Wildman–Crippen LogP) is 3.25. The van der Waals surface area contributed by atoms with Crippen molar-refractivity contribution in [2.45, 2.75) is 25.8 Å². The lowest BCUT2D eigenvalue weighted by Crippen LogP contribution is -2.45. The second-order valence-corrected chi connectivity index (χ2v) is 5.75. The Morgan fingerprint density at radius 1 is 1.45 bits per heavy atom. The minimum absolute atomic E-state index is 0.0917. The van der Waals surface area contributed by atoms with Gasteiger partial charge in [0.15, 0.2) is 5.11 Å². The molecule has 0 aromatic heterocycles. The highest BCUT2D eigenvalue weighted by atomic mass is 35.5. The highest BCUT2D eigenvalue weighted by Gasteiger charge is 2.18. The summed E-state index contributed by atoms with van der Waals surface area (Å²) in [4.78, 5) is 2.43. The summed E-state index contributed by atoms with van der Waals surface area (Å²) in [5.41, 5.74) is 0.694. The monoisotopic (exact) mass is 315 g/mol. The van der Waals surface area contributed by atoms with Crippen LogP contribution in [-0.4, -0.2) is 35.7 Å². The summed E-state index contributed by atoms with van der Waals surface area (Å²) in [5.74, 6) is -0.428. The number of nitrogens with zero attached hydrogens (tertiary/aromatic N) is 1. The molecule has 0 bridgehead atoms. The number of hydrogen-bond acceptors (Lipinski definition) is 2. The quantitative estimate of drug-likeness (QED) is 0.837. The van der Waals surface area contributed by atoms with Crippen molar-refractivity contribution >= 4 is 34.6 Å². The van der Waals surface area contributed by atoms with Crippen LogP contribution in [0.1, 0.15) is 19.8 Å². The summed E-state index contributed by atoms with van der Waals surface area (Å²) in [6.45, 7) is 5.47. The van der Waals surface area contributed by atoms with Gasteiger partial charge in [-0.05, 0) is 49.8 Å². The third-order valence-electron chi connectivity index (χ3n) is 3.55. The van der Waals surface area contributed by atoms with Crippen molar-refractivity contribution in [3.63, 3.8) is 0 Å². The average molecular weight is 316 g/mol. The number of benzene rings is 1. The van der Waals surface area contributed by atoms with E-state index in [0.29, 0.717) is 16.8 Å². The topological polar surface area (TPSA) is 27.3 Å². The van der Waals surface area contributed by atoms with Gasteiger partial charge in [0.25, 0.3) is 0 Å². The van der Waals surface area contributed by atoms with Crippen LogP contribution in [-0.2, 0) is 0 Å². The molecule has 20 heavy (non-hydrogen) atoms. The Labute approximate surface area is 129 Å². The van der Waals surface area contributed by atoms with Crippen molar-refractivity contribution in [2.75, 3.05) is 25.0 Å². The number of piperidine rings is 1. The van der Waals surface area contributed by atoms with E-state index in [-0.39, 0.29) is 5.02 Å². The van der Waals surface area contributed by atoms with Crippen LogP contribution in [0.25, 0.3) is 0 Å². The first-order valence-corrected chi connectivity index (χ1v) is 7.62. The molecular formula is C14H19ClFN3S. The summed E-state index contributed by atoms with van der Waals surface area (Å²) in [5, 5.41) is 6.99. The minimum Gasteiger partial charge on any atom is -0.360 e. The minimum atomic E-state index is -0.428. The fourth-order valence-electron chi connectivity index (χ4n) is 2.32. The SMILES string of the molecule is CCN1CCC(NC(=S)Nc2ccc(F)c(Cl)c2)CC1. The van der Waals surface area contributed by atoms with Crippen molar-refractivity contribution in [3.05, 3.63) is 29.0 Å². The molecule has 3 nitrogen and oxygen atoms in total. The number of thiocarbonyl (C=S) groups is 1. The standard InChI is InChI=1S/C14H19ClFN3S/c1-2-19-7-5-10(6-8-19)17-14(20)18-11-3-4-13(16)12(15)9-11/h3-4,9-10H,2,5-8H2,1H3,(H2,17,18,20). The van der Waals surface area contributed by atoms with E-state index in [1.807, 2.05) is 0 Å². The van der Waals surface area contributed by atoms with Gasteiger partial charge in [-0.2, -0.15) is 0 Å². The molecule has 0 aliphatic carbocycles. The van der Waals surface area contributed by atoms with Crippen molar-refractivity contribution in [1.82, 2.24) is 10.2 Å². The van der Waals surface area contributed by atoms with Crippen LogP contribution in [0.3, 0.4) is 0 Å². The molecular weight excluding hydrogens is 297 g/mol. The smallest absolute Gasteiger partial charge is 0.170 e. The number of nitrogens with one attached hydrogen (secondary N) is 2. The maximum absolute atomic E-state index is 13.1. The van der Waals surface area contributed by atoms with Gasteiger partial charge in [-0.15, -0.1) is 0 Å². The van der Waals surface area contributed by atoms with E-state index in [1.165, 1.54) is 12.1 Å². The zero-order valence-corrected chi connectivity index (χ0v) is 13.0. The van der Waals surface area contributed by atoms with Gasteiger partial charge in [0, 0.05) is 24.8 Å². The molecule has 0 unspecified atom stereocenters. The molecule has 1 aliphatic rings. The summed E-state index contributed by atoms with van der Waals surface area (Å²) in [7, 11) is 0. The molecule has 0 saturated carbocycles. The van der Waals surface area contributed by atoms with Crippen LogP contribution in [0.2, 0.25) is 5.02 Å². The fourth-order valence-corrected chi connectivity index (χ4v) is 2.79. The molecule has 1 saturated heterocycles. The molecule has 110 valence electrons. The Kier molecular flexibility index (Phi) is 5.57. The molecule has 0 radical (unpaired) electrons. The first kappa shape index (κ1) is 15.5. The highest BCUT2D eigenvalue weighted by Crippen LogP contribution is 2.19.